The van der Waals surface area contributed by atoms with Crippen LogP contribution < -0.4 is 33.7 Å². The van der Waals surface area contributed by atoms with Crippen LogP contribution in [0.15, 0.2) is 30.3 Å². The summed E-state index contributed by atoms with van der Waals surface area (Å²) in [6.45, 7) is 3.13. The maximum absolute atomic E-state index is 12.4. The SMILES string of the molecule is COc1cc2c(c3c1OCO3)-c1c(cc(OC)c3c1OCO3)CN(CCCCCCNC(=O)c1ccc(Cl)cc1Cl)C2. The first kappa shape index (κ1) is 28.6. The van der Waals surface area contributed by atoms with Gasteiger partial charge in [-0.15, -0.1) is 0 Å². The quantitative estimate of drug-likeness (QED) is 0.261. The number of carbonyl (C=O) groups is 1. The maximum Gasteiger partial charge on any atom is 0.252 e. The van der Waals surface area contributed by atoms with E-state index in [9.17, 15) is 4.79 Å². The Morgan fingerprint density at radius 2 is 1.38 bits per heavy atom. The Morgan fingerprint density at radius 1 is 0.810 bits per heavy atom. The molecule has 0 radical (unpaired) electrons. The van der Waals surface area contributed by atoms with Crippen molar-refractivity contribution in [2.45, 2.75) is 38.8 Å². The molecular formula is C31H32Cl2N2O7. The molecule has 11 heteroatoms. The zero-order valence-corrected chi connectivity index (χ0v) is 25.0. The van der Waals surface area contributed by atoms with E-state index >= 15 is 0 Å². The van der Waals surface area contributed by atoms with E-state index in [1.807, 2.05) is 12.1 Å². The smallest absolute Gasteiger partial charge is 0.252 e. The van der Waals surface area contributed by atoms with Gasteiger partial charge in [-0.05, 0) is 60.8 Å². The van der Waals surface area contributed by atoms with Crippen molar-refractivity contribution in [2.24, 2.45) is 0 Å². The second-order valence-corrected chi connectivity index (χ2v) is 11.2. The van der Waals surface area contributed by atoms with Gasteiger partial charge < -0.3 is 33.7 Å². The summed E-state index contributed by atoms with van der Waals surface area (Å²) in [7, 11) is 3.27. The highest BCUT2D eigenvalue weighted by Crippen LogP contribution is 2.57. The number of rotatable bonds is 10. The standard InChI is InChI=1S/C31H32Cl2N2O7/c1-37-23-11-18-14-35(10-6-4-3-5-9-34-31(36)21-8-7-20(32)13-22(21)33)15-19-12-24(38-2)28-30(42-17-40-28)26(19)25(18)29-27(23)39-16-41-29/h7-8,11-13H,3-6,9-10,14-17H2,1-2H3,(H,34,36). The molecule has 0 saturated heterocycles. The molecule has 0 fully saturated rings. The molecule has 9 nitrogen and oxygen atoms in total. The summed E-state index contributed by atoms with van der Waals surface area (Å²) in [4.78, 5) is 14.9. The van der Waals surface area contributed by atoms with E-state index in [2.05, 4.69) is 10.2 Å². The topological polar surface area (TPSA) is 87.7 Å². The van der Waals surface area contributed by atoms with Crippen molar-refractivity contribution in [3.05, 3.63) is 57.1 Å². The molecule has 0 spiro atoms. The largest absolute Gasteiger partial charge is 0.493 e. The summed E-state index contributed by atoms with van der Waals surface area (Å²) in [6, 6.07) is 8.95. The van der Waals surface area contributed by atoms with Crippen molar-refractivity contribution in [3.63, 3.8) is 0 Å². The van der Waals surface area contributed by atoms with E-state index in [-0.39, 0.29) is 19.5 Å². The number of nitrogens with zero attached hydrogens (tertiary/aromatic N) is 1. The number of methoxy groups -OCH3 is 2. The van der Waals surface area contributed by atoms with Crippen LogP contribution >= 0.6 is 23.2 Å². The van der Waals surface area contributed by atoms with Crippen LogP contribution in [0.1, 0.15) is 47.2 Å². The normalized spacial score (nSPS) is 14.7. The van der Waals surface area contributed by atoms with Crippen LogP contribution in [0, 0.1) is 0 Å². The molecule has 3 heterocycles. The molecule has 0 aliphatic carbocycles. The zero-order valence-electron chi connectivity index (χ0n) is 23.5. The Hall–Kier alpha value is -3.53. The van der Waals surface area contributed by atoms with Crippen LogP contribution in [0.2, 0.25) is 10.0 Å². The van der Waals surface area contributed by atoms with Crippen LogP contribution in [0.4, 0.5) is 0 Å². The van der Waals surface area contributed by atoms with Gasteiger partial charge in [0.15, 0.2) is 23.0 Å². The van der Waals surface area contributed by atoms with Gasteiger partial charge in [0, 0.05) is 35.8 Å². The Kier molecular flexibility index (Phi) is 8.42. The van der Waals surface area contributed by atoms with Gasteiger partial charge in [0.1, 0.15) is 0 Å². The van der Waals surface area contributed by atoms with Crippen molar-refractivity contribution in [3.8, 4) is 45.6 Å². The Labute approximate surface area is 254 Å². The lowest BCUT2D eigenvalue weighted by Crippen LogP contribution is -2.25. The number of unbranched alkanes of at least 4 members (excludes halogenated alkanes) is 3. The Morgan fingerprint density at radius 3 is 1.95 bits per heavy atom. The first-order valence-electron chi connectivity index (χ1n) is 13.9. The number of halogens is 2. The average Bonchev–Trinajstić information content (AvgIpc) is 3.64. The molecular weight excluding hydrogens is 583 g/mol. The first-order valence-corrected chi connectivity index (χ1v) is 14.7. The minimum Gasteiger partial charge on any atom is -0.493 e. The number of benzene rings is 3. The zero-order chi connectivity index (χ0) is 29.2. The fourth-order valence-corrected chi connectivity index (χ4v) is 6.25. The van der Waals surface area contributed by atoms with Crippen LogP contribution in [0.5, 0.6) is 34.5 Å². The molecule has 0 bridgehead atoms. The summed E-state index contributed by atoms with van der Waals surface area (Å²) in [5.74, 6) is 3.64. The van der Waals surface area contributed by atoms with Gasteiger partial charge in [-0.3, -0.25) is 9.69 Å². The molecule has 222 valence electrons. The molecule has 0 aromatic heterocycles. The van der Waals surface area contributed by atoms with Gasteiger partial charge in [0.2, 0.25) is 25.1 Å². The van der Waals surface area contributed by atoms with E-state index in [4.69, 9.17) is 51.6 Å². The fraction of sp³-hybridized carbons (Fsp3) is 0.387. The lowest BCUT2D eigenvalue weighted by Gasteiger charge is -2.21. The Bertz CT molecular complexity index is 1440. The summed E-state index contributed by atoms with van der Waals surface area (Å²) < 4.78 is 34.9. The van der Waals surface area contributed by atoms with Crippen molar-refractivity contribution in [1.29, 1.82) is 0 Å². The molecule has 3 aliphatic heterocycles. The highest BCUT2D eigenvalue weighted by Gasteiger charge is 2.36. The Balaban J connectivity index is 1.13. The molecule has 0 atom stereocenters. The molecule has 3 aromatic rings. The van der Waals surface area contributed by atoms with Crippen molar-refractivity contribution < 1.29 is 33.2 Å². The van der Waals surface area contributed by atoms with Crippen LogP contribution in [0.25, 0.3) is 11.1 Å². The number of hydrogen-bond donors (Lipinski definition) is 1. The van der Waals surface area contributed by atoms with Gasteiger partial charge >= 0.3 is 0 Å². The molecule has 6 rings (SSSR count). The lowest BCUT2D eigenvalue weighted by molar-refractivity contribution is 0.0953. The fourth-order valence-electron chi connectivity index (χ4n) is 5.76. The molecule has 0 saturated carbocycles. The first-order chi connectivity index (χ1) is 20.5. The van der Waals surface area contributed by atoms with E-state index in [0.29, 0.717) is 69.7 Å². The summed E-state index contributed by atoms with van der Waals surface area (Å²) in [5.41, 5.74) is 4.47. The number of carbonyl (C=O) groups excluding carboxylic acids is 1. The van der Waals surface area contributed by atoms with Crippen molar-refractivity contribution in [2.75, 3.05) is 40.9 Å². The van der Waals surface area contributed by atoms with Crippen LogP contribution in [-0.4, -0.2) is 51.7 Å². The number of ether oxygens (including phenoxy) is 6. The third-order valence-electron chi connectivity index (χ3n) is 7.72. The molecule has 0 unspecified atom stereocenters. The van der Waals surface area contributed by atoms with Crippen molar-refractivity contribution in [1.82, 2.24) is 10.2 Å². The lowest BCUT2D eigenvalue weighted by atomic mass is 9.93. The molecule has 1 amide bonds. The molecule has 42 heavy (non-hydrogen) atoms. The van der Waals surface area contributed by atoms with E-state index in [0.717, 1.165) is 54.5 Å². The second kappa shape index (κ2) is 12.4. The predicted octanol–water partition coefficient (Wildman–Crippen LogP) is 6.44. The third-order valence-corrected chi connectivity index (χ3v) is 8.27. The second-order valence-electron chi connectivity index (χ2n) is 10.4. The van der Waals surface area contributed by atoms with Gasteiger partial charge in [-0.1, -0.05) is 36.0 Å². The molecule has 3 aliphatic rings. The van der Waals surface area contributed by atoms with Gasteiger partial charge in [0.25, 0.3) is 5.91 Å². The highest BCUT2D eigenvalue weighted by atomic mass is 35.5. The molecule has 3 aromatic carbocycles. The number of hydrogen-bond acceptors (Lipinski definition) is 8. The summed E-state index contributed by atoms with van der Waals surface area (Å²) in [5, 5.41) is 3.80. The van der Waals surface area contributed by atoms with Gasteiger partial charge in [-0.2, -0.15) is 0 Å². The van der Waals surface area contributed by atoms with Crippen LogP contribution in [-0.2, 0) is 13.1 Å². The summed E-state index contributed by atoms with van der Waals surface area (Å²) >= 11 is 12.1. The van der Waals surface area contributed by atoms with E-state index in [1.165, 1.54) is 0 Å². The maximum atomic E-state index is 12.4. The average molecular weight is 616 g/mol. The minimum absolute atomic E-state index is 0.129. The number of fused-ring (bicyclic) bond motifs is 7. The highest BCUT2D eigenvalue weighted by molar-refractivity contribution is 6.36. The van der Waals surface area contributed by atoms with Gasteiger partial charge in [-0.25, -0.2) is 0 Å². The molecule has 1 N–H and O–H groups in total. The third kappa shape index (κ3) is 5.48. The number of amides is 1. The van der Waals surface area contributed by atoms with E-state index < -0.39 is 0 Å². The van der Waals surface area contributed by atoms with Crippen molar-refractivity contribution >= 4 is 29.1 Å². The van der Waals surface area contributed by atoms with Gasteiger partial charge in [0.05, 0.1) is 24.8 Å². The number of nitrogens with one attached hydrogen (secondary N) is 1. The monoisotopic (exact) mass is 614 g/mol. The summed E-state index contributed by atoms with van der Waals surface area (Å²) in [6.07, 6.45) is 3.91. The minimum atomic E-state index is -0.189. The van der Waals surface area contributed by atoms with Crippen LogP contribution in [0.3, 0.4) is 0 Å². The predicted molar refractivity (Wildman–Crippen MR) is 159 cm³/mol. The van der Waals surface area contributed by atoms with E-state index in [1.54, 1.807) is 32.4 Å².